The van der Waals surface area contributed by atoms with Gasteiger partial charge in [0.25, 0.3) is 0 Å². The highest BCUT2D eigenvalue weighted by atomic mass is 127. The van der Waals surface area contributed by atoms with E-state index in [1.807, 2.05) is 0 Å². The molecule has 0 aliphatic carbocycles. The van der Waals surface area contributed by atoms with E-state index in [0.29, 0.717) is 11.0 Å². The molecule has 0 N–H and O–H groups in total. The summed E-state index contributed by atoms with van der Waals surface area (Å²) >= 11 is 4.87. The quantitative estimate of drug-likeness (QED) is 0.396. The molecular weight excluding hydrogens is 446 g/mol. The van der Waals surface area contributed by atoms with Gasteiger partial charge in [0.15, 0.2) is 5.75 Å². The molecule has 106 valence electrons. The van der Waals surface area contributed by atoms with E-state index in [0.717, 1.165) is 6.20 Å². The Labute approximate surface area is 128 Å². The van der Waals surface area contributed by atoms with E-state index in [4.69, 9.17) is 4.74 Å². The summed E-state index contributed by atoms with van der Waals surface area (Å²) in [5, 5.41) is 0.296. The summed E-state index contributed by atoms with van der Waals surface area (Å²) in [7, 11) is 0. The van der Waals surface area contributed by atoms with Crippen molar-refractivity contribution in [1.82, 2.24) is 4.98 Å². The molecule has 19 heavy (non-hydrogen) atoms. The second kappa shape index (κ2) is 6.73. The zero-order valence-electron chi connectivity index (χ0n) is 9.55. The lowest BCUT2D eigenvalue weighted by Gasteiger charge is -2.14. The molecule has 1 heterocycles. The molecule has 9 heteroatoms. The molecule has 0 aliphatic heterocycles. The standard InChI is InChI=1S/C10H8BrF3INO3/c1-2-18-9(17)7-6(19-10(12,13)14)4-16-5(3-11)8(7)15/h4H,2-3H2,1H3. The van der Waals surface area contributed by atoms with Gasteiger partial charge in [-0.2, -0.15) is 0 Å². The maximum Gasteiger partial charge on any atom is 0.573 e. The van der Waals surface area contributed by atoms with E-state index >= 15 is 0 Å². The Kier molecular flexibility index (Phi) is 5.83. The number of ether oxygens (including phenoxy) is 2. The Morgan fingerprint density at radius 2 is 2.16 bits per heavy atom. The van der Waals surface area contributed by atoms with Gasteiger partial charge in [0, 0.05) is 5.33 Å². The van der Waals surface area contributed by atoms with Crippen LogP contribution in [0.1, 0.15) is 23.0 Å². The second-order valence-corrected chi connectivity index (χ2v) is 4.80. The highest BCUT2D eigenvalue weighted by Crippen LogP contribution is 2.31. The number of pyridine rings is 1. The van der Waals surface area contributed by atoms with Crippen molar-refractivity contribution in [3.05, 3.63) is 21.0 Å². The number of halogens is 5. The minimum atomic E-state index is -4.90. The Bertz CT molecular complexity index is 482. The summed E-state index contributed by atoms with van der Waals surface area (Å²) in [5.74, 6) is -1.55. The van der Waals surface area contributed by atoms with Crippen LogP contribution < -0.4 is 4.74 Å². The Hall–Kier alpha value is -0.580. The van der Waals surface area contributed by atoms with E-state index in [2.05, 4.69) is 25.7 Å². The Morgan fingerprint density at radius 1 is 1.53 bits per heavy atom. The molecule has 0 amide bonds. The van der Waals surface area contributed by atoms with E-state index < -0.39 is 18.1 Å². The number of rotatable bonds is 4. The minimum Gasteiger partial charge on any atom is -0.462 e. The summed E-state index contributed by atoms with van der Waals surface area (Å²) in [5.41, 5.74) is 0.155. The molecule has 1 aromatic heterocycles. The predicted octanol–water partition coefficient (Wildman–Crippen LogP) is 3.66. The molecule has 0 aromatic carbocycles. The smallest absolute Gasteiger partial charge is 0.462 e. The number of nitrogens with zero attached hydrogens (tertiary/aromatic N) is 1. The first kappa shape index (κ1) is 16.5. The molecule has 0 fully saturated rings. The highest BCUT2D eigenvalue weighted by Gasteiger charge is 2.34. The van der Waals surface area contributed by atoms with Crippen LogP contribution in [-0.4, -0.2) is 23.9 Å². The van der Waals surface area contributed by atoms with Crippen molar-refractivity contribution in [1.29, 1.82) is 0 Å². The lowest BCUT2D eigenvalue weighted by Crippen LogP contribution is -2.21. The molecule has 0 atom stereocenters. The summed E-state index contributed by atoms with van der Waals surface area (Å²) in [6, 6.07) is 0. The molecular formula is C10H8BrF3INO3. The summed E-state index contributed by atoms with van der Waals surface area (Å²) < 4.78 is 45.6. The number of esters is 1. The van der Waals surface area contributed by atoms with Gasteiger partial charge in [0.05, 0.1) is 22.1 Å². The number of aromatic nitrogens is 1. The van der Waals surface area contributed by atoms with Crippen LogP contribution in [-0.2, 0) is 10.1 Å². The van der Waals surface area contributed by atoms with E-state index in [9.17, 15) is 18.0 Å². The van der Waals surface area contributed by atoms with Crippen LogP contribution in [0.4, 0.5) is 13.2 Å². The van der Waals surface area contributed by atoms with Gasteiger partial charge in [-0.1, -0.05) is 15.9 Å². The van der Waals surface area contributed by atoms with Crippen molar-refractivity contribution < 1.29 is 27.4 Å². The van der Waals surface area contributed by atoms with Crippen molar-refractivity contribution in [2.24, 2.45) is 0 Å². The van der Waals surface area contributed by atoms with Crippen molar-refractivity contribution in [2.75, 3.05) is 6.61 Å². The first-order chi connectivity index (χ1) is 8.80. The monoisotopic (exact) mass is 453 g/mol. The summed E-state index contributed by atoms with van der Waals surface area (Å²) in [4.78, 5) is 15.5. The molecule has 0 saturated heterocycles. The number of hydrogen-bond donors (Lipinski definition) is 0. The van der Waals surface area contributed by atoms with E-state index in [-0.39, 0.29) is 15.7 Å². The van der Waals surface area contributed by atoms with Crippen LogP contribution in [0.5, 0.6) is 5.75 Å². The highest BCUT2D eigenvalue weighted by molar-refractivity contribution is 14.1. The van der Waals surface area contributed by atoms with Gasteiger partial charge >= 0.3 is 12.3 Å². The zero-order chi connectivity index (χ0) is 14.6. The third kappa shape index (κ3) is 4.48. The SMILES string of the molecule is CCOC(=O)c1c(OC(F)(F)F)cnc(CBr)c1I. The number of carbonyl (C=O) groups excluding carboxylic acids is 1. The third-order valence-corrected chi connectivity index (χ3v) is 3.58. The fourth-order valence-electron chi connectivity index (χ4n) is 1.20. The van der Waals surface area contributed by atoms with Gasteiger partial charge in [-0.3, -0.25) is 4.98 Å². The van der Waals surface area contributed by atoms with Gasteiger partial charge in [-0.25, -0.2) is 4.79 Å². The van der Waals surface area contributed by atoms with Gasteiger partial charge in [0.2, 0.25) is 0 Å². The second-order valence-electron chi connectivity index (χ2n) is 3.16. The lowest BCUT2D eigenvalue weighted by atomic mass is 10.2. The fourth-order valence-corrected chi connectivity index (χ4v) is 2.96. The average Bonchev–Trinajstić information content (AvgIpc) is 2.27. The molecule has 0 spiro atoms. The molecule has 4 nitrogen and oxygen atoms in total. The summed E-state index contributed by atoms with van der Waals surface area (Å²) in [6.07, 6.45) is -4.04. The van der Waals surface area contributed by atoms with Crippen molar-refractivity contribution in [2.45, 2.75) is 18.6 Å². The van der Waals surface area contributed by atoms with E-state index in [1.54, 1.807) is 29.5 Å². The molecule has 0 aliphatic rings. The molecule has 0 saturated carbocycles. The molecule has 0 bridgehead atoms. The summed E-state index contributed by atoms with van der Waals surface area (Å²) in [6.45, 7) is 1.61. The Balaban J connectivity index is 3.30. The van der Waals surface area contributed by atoms with Gasteiger partial charge < -0.3 is 9.47 Å². The molecule has 0 radical (unpaired) electrons. The minimum absolute atomic E-state index is 0.0480. The van der Waals surface area contributed by atoms with Crippen molar-refractivity contribution in [3.63, 3.8) is 0 Å². The van der Waals surface area contributed by atoms with Crippen LogP contribution in [0.2, 0.25) is 0 Å². The first-order valence-corrected chi connectivity index (χ1v) is 7.16. The van der Waals surface area contributed by atoms with Gasteiger partial charge in [0.1, 0.15) is 5.56 Å². The maximum atomic E-state index is 12.3. The van der Waals surface area contributed by atoms with Gasteiger partial charge in [-0.05, 0) is 29.5 Å². The largest absolute Gasteiger partial charge is 0.573 e. The van der Waals surface area contributed by atoms with E-state index in [1.165, 1.54) is 0 Å². The van der Waals surface area contributed by atoms with Crippen molar-refractivity contribution in [3.8, 4) is 5.75 Å². The van der Waals surface area contributed by atoms with Crippen LogP contribution in [0.15, 0.2) is 6.20 Å². The molecule has 1 aromatic rings. The van der Waals surface area contributed by atoms with Gasteiger partial charge in [-0.15, -0.1) is 13.2 Å². The van der Waals surface area contributed by atoms with Crippen LogP contribution >= 0.6 is 38.5 Å². The number of hydrogen-bond acceptors (Lipinski definition) is 4. The number of alkyl halides is 4. The van der Waals surface area contributed by atoms with Crippen LogP contribution in [0.25, 0.3) is 0 Å². The lowest BCUT2D eigenvalue weighted by molar-refractivity contribution is -0.274. The first-order valence-electron chi connectivity index (χ1n) is 4.96. The zero-order valence-corrected chi connectivity index (χ0v) is 13.3. The normalized spacial score (nSPS) is 11.3. The predicted molar refractivity (Wildman–Crippen MR) is 72.2 cm³/mol. The average molecular weight is 454 g/mol. The molecule has 1 rings (SSSR count). The van der Waals surface area contributed by atoms with Crippen LogP contribution in [0.3, 0.4) is 0 Å². The number of carbonyl (C=O) groups is 1. The molecule has 0 unspecified atom stereocenters. The maximum absolute atomic E-state index is 12.3. The Morgan fingerprint density at radius 3 is 2.63 bits per heavy atom. The van der Waals surface area contributed by atoms with Crippen molar-refractivity contribution >= 4 is 44.5 Å². The third-order valence-electron chi connectivity index (χ3n) is 1.89. The van der Waals surface area contributed by atoms with Crippen LogP contribution in [0, 0.1) is 3.57 Å². The fraction of sp³-hybridized carbons (Fsp3) is 0.400. The topological polar surface area (TPSA) is 48.4 Å².